The summed E-state index contributed by atoms with van der Waals surface area (Å²) in [6.07, 6.45) is 11.1. The summed E-state index contributed by atoms with van der Waals surface area (Å²) in [5.74, 6) is 2.32. The second-order valence-corrected chi connectivity index (χ2v) is 7.45. The normalized spacial score (nSPS) is 14.4. The highest BCUT2D eigenvalue weighted by molar-refractivity contribution is 5.94. The van der Waals surface area contributed by atoms with Crippen LogP contribution in [0.3, 0.4) is 0 Å². The molecule has 2 aromatic heterocycles. The quantitative estimate of drug-likeness (QED) is 0.323. The smallest absolute Gasteiger partial charge is 0.237 e. The molecule has 0 bridgehead atoms. The summed E-state index contributed by atoms with van der Waals surface area (Å²) >= 11 is 0. The van der Waals surface area contributed by atoms with Gasteiger partial charge in [-0.2, -0.15) is 10.4 Å². The fraction of sp³-hybridized carbons (Fsp3) is 0.250. The van der Waals surface area contributed by atoms with Gasteiger partial charge in [-0.15, -0.1) is 6.42 Å². The van der Waals surface area contributed by atoms with Crippen LogP contribution in [0.25, 0.3) is 11.1 Å². The number of rotatable bonds is 8. The highest BCUT2D eigenvalue weighted by Gasteiger charge is 2.21. The number of carbonyl (C=O) groups is 1. The number of Topliss-reactive ketones (excluding diaryl/α,β-unsaturated/α-hetero) is 1. The van der Waals surface area contributed by atoms with Gasteiger partial charge >= 0.3 is 0 Å². The molecule has 3 heterocycles. The van der Waals surface area contributed by atoms with Gasteiger partial charge in [0.05, 0.1) is 30.1 Å². The Morgan fingerprint density at radius 3 is 2.94 bits per heavy atom. The van der Waals surface area contributed by atoms with Crippen LogP contribution in [0.2, 0.25) is 0 Å². The summed E-state index contributed by atoms with van der Waals surface area (Å²) in [5, 5.41) is 19.8. The van der Waals surface area contributed by atoms with Crippen molar-refractivity contribution in [1.82, 2.24) is 20.1 Å². The van der Waals surface area contributed by atoms with E-state index in [0.717, 1.165) is 29.8 Å². The van der Waals surface area contributed by atoms with Crippen molar-refractivity contribution in [2.75, 3.05) is 25.0 Å². The van der Waals surface area contributed by atoms with Crippen molar-refractivity contribution in [3.63, 3.8) is 0 Å². The molecule has 160 valence electrons. The van der Waals surface area contributed by atoms with Crippen LogP contribution < -0.4 is 15.4 Å². The first kappa shape index (κ1) is 21.1. The van der Waals surface area contributed by atoms with Crippen LogP contribution in [0.5, 0.6) is 5.88 Å². The summed E-state index contributed by atoms with van der Waals surface area (Å²) in [5.41, 5.74) is 4.40. The molecule has 0 aliphatic carbocycles. The van der Waals surface area contributed by atoms with Crippen LogP contribution in [0.1, 0.15) is 11.1 Å². The molecular formula is C24H22N6O2. The predicted octanol–water partition coefficient (Wildman–Crippen LogP) is 2.02. The van der Waals surface area contributed by atoms with Gasteiger partial charge in [-0.05, 0) is 42.6 Å². The Labute approximate surface area is 186 Å². The van der Waals surface area contributed by atoms with Crippen LogP contribution in [0.15, 0.2) is 48.9 Å². The lowest BCUT2D eigenvalue weighted by molar-refractivity contribution is -0.114. The molecule has 0 saturated heterocycles. The van der Waals surface area contributed by atoms with Crippen molar-refractivity contribution in [3.05, 3.63) is 60.0 Å². The molecule has 0 unspecified atom stereocenters. The number of ether oxygens (including phenoxy) is 1. The number of carbonyl (C=O) groups excluding carboxylic acids is 1. The zero-order valence-electron chi connectivity index (χ0n) is 17.4. The zero-order chi connectivity index (χ0) is 22.3. The van der Waals surface area contributed by atoms with Gasteiger partial charge in [0.15, 0.2) is 0 Å². The molecule has 1 aliphatic heterocycles. The van der Waals surface area contributed by atoms with E-state index in [2.05, 4.69) is 32.7 Å². The number of nitriles is 1. The Hall–Kier alpha value is -4.14. The Bertz CT molecular complexity index is 1190. The molecular weight excluding hydrogens is 404 g/mol. The van der Waals surface area contributed by atoms with Gasteiger partial charge in [0.1, 0.15) is 12.6 Å². The molecule has 32 heavy (non-hydrogen) atoms. The number of terminal acetylenes is 1. The Morgan fingerprint density at radius 2 is 2.16 bits per heavy atom. The monoisotopic (exact) mass is 426 g/mol. The lowest BCUT2D eigenvalue weighted by atomic mass is 10.1. The van der Waals surface area contributed by atoms with Crippen LogP contribution in [0.4, 0.5) is 5.69 Å². The van der Waals surface area contributed by atoms with E-state index in [4.69, 9.17) is 16.4 Å². The lowest BCUT2D eigenvalue weighted by Crippen LogP contribution is -2.40. The largest absolute Gasteiger partial charge is 0.470 e. The number of hydrogen-bond acceptors (Lipinski definition) is 7. The van der Waals surface area contributed by atoms with E-state index >= 15 is 0 Å². The fourth-order valence-electron chi connectivity index (χ4n) is 3.40. The third-order valence-electron chi connectivity index (χ3n) is 5.13. The van der Waals surface area contributed by atoms with Crippen molar-refractivity contribution in [3.8, 4) is 35.4 Å². The summed E-state index contributed by atoms with van der Waals surface area (Å²) < 4.78 is 7.53. The van der Waals surface area contributed by atoms with E-state index in [1.54, 1.807) is 18.6 Å². The number of nitrogens with one attached hydrogen (secondary N) is 2. The number of ketones is 1. The number of anilines is 1. The molecule has 2 N–H and O–H groups in total. The first-order valence-electron chi connectivity index (χ1n) is 10.3. The van der Waals surface area contributed by atoms with Crippen LogP contribution in [0, 0.1) is 23.7 Å². The molecule has 0 spiro atoms. The lowest BCUT2D eigenvalue weighted by Gasteiger charge is -2.27. The van der Waals surface area contributed by atoms with E-state index in [1.807, 2.05) is 30.3 Å². The average molecular weight is 426 g/mol. The molecule has 0 saturated carbocycles. The molecule has 8 nitrogen and oxygen atoms in total. The zero-order valence-corrected chi connectivity index (χ0v) is 17.4. The molecule has 8 heteroatoms. The van der Waals surface area contributed by atoms with E-state index in [-0.39, 0.29) is 18.4 Å². The number of nitrogens with zero attached hydrogens (tertiary/aromatic N) is 4. The van der Waals surface area contributed by atoms with Crippen LogP contribution >= 0.6 is 0 Å². The second kappa shape index (κ2) is 9.78. The number of benzene rings is 1. The molecule has 0 amide bonds. The molecule has 1 aromatic carbocycles. The third-order valence-corrected chi connectivity index (χ3v) is 5.13. The highest BCUT2D eigenvalue weighted by atomic mass is 16.5. The topological polar surface area (TPSA) is 105 Å². The number of hydrogen-bond donors (Lipinski definition) is 2. The predicted molar refractivity (Wildman–Crippen MR) is 120 cm³/mol. The van der Waals surface area contributed by atoms with Crippen molar-refractivity contribution in [2.24, 2.45) is 0 Å². The standard InChI is InChI=1S/C24H22N6O2/c1-2-21(31)16-30-15-20(12-29-30)19-9-23-24(28-11-19)32-22(14-27-23)13-26-8-7-17-3-5-18(10-25)6-4-17/h1,3-6,9,11-12,15,22,26-27H,7-8,13-14,16H2/t22-/m1/s1. The van der Waals surface area contributed by atoms with Gasteiger partial charge in [-0.3, -0.25) is 9.48 Å². The highest BCUT2D eigenvalue weighted by Crippen LogP contribution is 2.31. The van der Waals surface area contributed by atoms with Gasteiger partial charge < -0.3 is 15.4 Å². The Balaban J connectivity index is 1.28. The number of fused-ring (bicyclic) bond motifs is 1. The SMILES string of the molecule is C#CC(=O)Cn1cc(-c2cnc3c(c2)NC[C@@H](CNCCc2ccc(C#N)cc2)O3)cn1. The van der Waals surface area contributed by atoms with Crippen LogP contribution in [-0.4, -0.2) is 46.3 Å². The Morgan fingerprint density at radius 1 is 1.31 bits per heavy atom. The minimum absolute atomic E-state index is 0.0284. The maximum absolute atomic E-state index is 11.4. The maximum Gasteiger partial charge on any atom is 0.237 e. The molecule has 4 rings (SSSR count). The average Bonchev–Trinajstić information content (AvgIpc) is 3.30. The van der Waals surface area contributed by atoms with Crippen LogP contribution in [-0.2, 0) is 17.8 Å². The molecule has 3 aromatic rings. The fourth-order valence-corrected chi connectivity index (χ4v) is 3.40. The van der Waals surface area contributed by atoms with Crippen molar-refractivity contribution < 1.29 is 9.53 Å². The molecule has 1 atom stereocenters. The van der Waals surface area contributed by atoms with Gasteiger partial charge in [0, 0.05) is 30.1 Å². The van der Waals surface area contributed by atoms with Gasteiger partial charge in [0.2, 0.25) is 11.7 Å². The summed E-state index contributed by atoms with van der Waals surface area (Å²) in [7, 11) is 0. The Kier molecular flexibility index (Phi) is 6.45. The molecule has 0 fully saturated rings. The van der Waals surface area contributed by atoms with Gasteiger partial charge in [-0.1, -0.05) is 12.1 Å². The van der Waals surface area contributed by atoms with Crippen molar-refractivity contribution >= 4 is 11.5 Å². The first-order valence-corrected chi connectivity index (χ1v) is 10.3. The number of pyridine rings is 1. The number of aromatic nitrogens is 3. The van der Waals surface area contributed by atoms with Gasteiger partial charge in [0.25, 0.3) is 0 Å². The third kappa shape index (κ3) is 5.12. The van der Waals surface area contributed by atoms with Crippen molar-refractivity contribution in [2.45, 2.75) is 19.1 Å². The second-order valence-electron chi connectivity index (χ2n) is 7.45. The maximum atomic E-state index is 11.4. The van der Waals surface area contributed by atoms with E-state index in [0.29, 0.717) is 24.5 Å². The van der Waals surface area contributed by atoms with E-state index < -0.39 is 0 Å². The minimum atomic E-state index is -0.324. The molecule has 1 aliphatic rings. The van der Waals surface area contributed by atoms with Crippen molar-refractivity contribution in [1.29, 1.82) is 5.26 Å². The molecule has 0 radical (unpaired) electrons. The summed E-state index contributed by atoms with van der Waals surface area (Å²) in [6, 6.07) is 11.7. The minimum Gasteiger partial charge on any atom is -0.470 e. The summed E-state index contributed by atoms with van der Waals surface area (Å²) in [4.78, 5) is 15.8. The summed E-state index contributed by atoms with van der Waals surface area (Å²) in [6.45, 7) is 2.23. The first-order chi connectivity index (χ1) is 15.6. The van der Waals surface area contributed by atoms with E-state index in [9.17, 15) is 4.79 Å². The van der Waals surface area contributed by atoms with Gasteiger partial charge in [-0.25, -0.2) is 4.98 Å². The van der Waals surface area contributed by atoms with E-state index in [1.165, 1.54) is 10.2 Å².